The van der Waals surface area contributed by atoms with Crippen LogP contribution in [0.5, 0.6) is 0 Å². The summed E-state index contributed by atoms with van der Waals surface area (Å²) in [6.07, 6.45) is 4.10. The standard InChI is InChI=1S/C19H23NO/c1-14-5-6-15-10-16(11-20-7-3-2-4-8-20)18-12-21-13-19(18)17(15)9-14/h5-6,9-10H,2-4,7-8,11-13H2,1H3. The van der Waals surface area contributed by atoms with Crippen LogP contribution >= 0.6 is 0 Å². The van der Waals surface area contributed by atoms with Crippen molar-refractivity contribution in [2.45, 2.75) is 45.9 Å². The Morgan fingerprint density at radius 3 is 2.67 bits per heavy atom. The van der Waals surface area contributed by atoms with Gasteiger partial charge in [-0.2, -0.15) is 0 Å². The SMILES string of the molecule is Cc1ccc2cc(CN3CCCCC3)c3c(c2c1)COC3. The van der Waals surface area contributed by atoms with Crippen LogP contribution in [0.15, 0.2) is 24.3 Å². The third-order valence-corrected chi connectivity index (χ3v) is 4.95. The maximum Gasteiger partial charge on any atom is 0.0731 e. The van der Waals surface area contributed by atoms with E-state index in [0.29, 0.717) is 0 Å². The maximum absolute atomic E-state index is 5.77. The molecule has 0 aliphatic carbocycles. The maximum atomic E-state index is 5.77. The fourth-order valence-corrected chi connectivity index (χ4v) is 3.79. The molecule has 1 fully saturated rings. The molecule has 4 rings (SSSR count). The lowest BCUT2D eigenvalue weighted by molar-refractivity contribution is 0.134. The summed E-state index contributed by atoms with van der Waals surface area (Å²) in [5.41, 5.74) is 5.71. The lowest BCUT2D eigenvalue weighted by Crippen LogP contribution is -2.29. The number of piperidine rings is 1. The van der Waals surface area contributed by atoms with Crippen molar-refractivity contribution in [3.63, 3.8) is 0 Å². The average molecular weight is 281 g/mol. The van der Waals surface area contributed by atoms with Crippen molar-refractivity contribution in [3.8, 4) is 0 Å². The van der Waals surface area contributed by atoms with Gasteiger partial charge < -0.3 is 4.74 Å². The molecule has 0 saturated carbocycles. The van der Waals surface area contributed by atoms with E-state index in [4.69, 9.17) is 4.74 Å². The molecule has 2 aromatic carbocycles. The lowest BCUT2D eigenvalue weighted by Gasteiger charge is -2.27. The van der Waals surface area contributed by atoms with E-state index in [9.17, 15) is 0 Å². The van der Waals surface area contributed by atoms with Crippen LogP contribution in [0.4, 0.5) is 0 Å². The first kappa shape index (κ1) is 13.3. The smallest absolute Gasteiger partial charge is 0.0731 e. The Morgan fingerprint density at radius 2 is 1.81 bits per heavy atom. The Balaban J connectivity index is 1.76. The Bertz CT molecular complexity index is 671. The molecule has 0 amide bonds. The van der Waals surface area contributed by atoms with Gasteiger partial charge >= 0.3 is 0 Å². The minimum atomic E-state index is 0.781. The topological polar surface area (TPSA) is 12.5 Å². The van der Waals surface area contributed by atoms with Crippen LogP contribution in [0.3, 0.4) is 0 Å². The van der Waals surface area contributed by atoms with Gasteiger partial charge in [0, 0.05) is 6.54 Å². The van der Waals surface area contributed by atoms with Crippen LogP contribution in [0.1, 0.15) is 41.5 Å². The summed E-state index contributed by atoms with van der Waals surface area (Å²) in [7, 11) is 0. The molecular formula is C19H23NO. The molecule has 0 aromatic heterocycles. The molecule has 110 valence electrons. The Labute approximate surface area is 126 Å². The molecule has 1 saturated heterocycles. The molecule has 2 aliphatic heterocycles. The van der Waals surface area contributed by atoms with Gasteiger partial charge in [-0.3, -0.25) is 4.90 Å². The third kappa shape index (κ3) is 2.47. The first-order valence-electron chi connectivity index (χ1n) is 8.15. The van der Waals surface area contributed by atoms with E-state index in [2.05, 4.69) is 36.1 Å². The van der Waals surface area contributed by atoms with Gasteiger partial charge in [0.1, 0.15) is 0 Å². The molecule has 21 heavy (non-hydrogen) atoms. The molecule has 2 heteroatoms. The molecule has 0 radical (unpaired) electrons. The predicted octanol–water partition coefficient (Wildman–Crippen LogP) is 4.16. The van der Waals surface area contributed by atoms with Gasteiger partial charge in [0.05, 0.1) is 13.2 Å². The number of aryl methyl sites for hydroxylation is 1. The van der Waals surface area contributed by atoms with Crippen LogP contribution < -0.4 is 0 Å². The highest BCUT2D eigenvalue weighted by Gasteiger charge is 2.21. The summed E-state index contributed by atoms with van der Waals surface area (Å²) < 4.78 is 5.77. The Kier molecular flexibility index (Phi) is 3.44. The van der Waals surface area contributed by atoms with Gasteiger partial charge in [-0.1, -0.05) is 30.2 Å². The van der Waals surface area contributed by atoms with E-state index in [-0.39, 0.29) is 0 Å². The number of ether oxygens (including phenoxy) is 1. The summed E-state index contributed by atoms with van der Waals surface area (Å²) in [5, 5.41) is 2.77. The highest BCUT2D eigenvalue weighted by molar-refractivity contribution is 5.88. The number of hydrogen-bond donors (Lipinski definition) is 0. The van der Waals surface area contributed by atoms with E-state index in [1.165, 1.54) is 65.4 Å². The first-order valence-corrected chi connectivity index (χ1v) is 8.15. The van der Waals surface area contributed by atoms with Gasteiger partial charge in [0.2, 0.25) is 0 Å². The number of fused-ring (bicyclic) bond motifs is 3. The molecule has 0 N–H and O–H groups in total. The third-order valence-electron chi connectivity index (χ3n) is 4.95. The van der Waals surface area contributed by atoms with Crippen molar-refractivity contribution < 1.29 is 4.74 Å². The fraction of sp³-hybridized carbons (Fsp3) is 0.474. The van der Waals surface area contributed by atoms with Crippen molar-refractivity contribution in [2.24, 2.45) is 0 Å². The first-order chi connectivity index (χ1) is 10.3. The van der Waals surface area contributed by atoms with Crippen LogP contribution in [-0.4, -0.2) is 18.0 Å². The van der Waals surface area contributed by atoms with Gasteiger partial charge in [0.15, 0.2) is 0 Å². The molecule has 0 bridgehead atoms. The van der Waals surface area contributed by atoms with Crippen LogP contribution in [0.25, 0.3) is 10.8 Å². The summed E-state index contributed by atoms with van der Waals surface area (Å²) >= 11 is 0. The minimum absolute atomic E-state index is 0.781. The second-order valence-electron chi connectivity index (χ2n) is 6.55. The highest BCUT2D eigenvalue weighted by Crippen LogP contribution is 2.33. The monoisotopic (exact) mass is 281 g/mol. The van der Waals surface area contributed by atoms with E-state index in [0.717, 1.165) is 19.8 Å². The van der Waals surface area contributed by atoms with E-state index in [1.807, 2.05) is 0 Å². The molecule has 2 aromatic rings. The zero-order valence-corrected chi connectivity index (χ0v) is 12.8. The second-order valence-corrected chi connectivity index (χ2v) is 6.55. The molecule has 0 unspecified atom stereocenters. The van der Waals surface area contributed by atoms with E-state index >= 15 is 0 Å². The zero-order chi connectivity index (χ0) is 14.2. The second kappa shape index (κ2) is 5.43. The van der Waals surface area contributed by atoms with Crippen LogP contribution in [0.2, 0.25) is 0 Å². The molecule has 0 atom stereocenters. The average Bonchev–Trinajstić information content (AvgIpc) is 2.99. The van der Waals surface area contributed by atoms with Gasteiger partial charge in [-0.25, -0.2) is 0 Å². The van der Waals surface area contributed by atoms with E-state index in [1.54, 1.807) is 0 Å². The van der Waals surface area contributed by atoms with Crippen LogP contribution in [-0.2, 0) is 24.5 Å². The summed E-state index contributed by atoms with van der Waals surface area (Å²) in [4.78, 5) is 2.61. The highest BCUT2D eigenvalue weighted by atomic mass is 16.5. The Morgan fingerprint density at radius 1 is 1.00 bits per heavy atom. The number of likely N-dealkylation sites (tertiary alicyclic amines) is 1. The van der Waals surface area contributed by atoms with Gasteiger partial charge in [0.25, 0.3) is 0 Å². The van der Waals surface area contributed by atoms with Crippen molar-refractivity contribution in [1.82, 2.24) is 4.90 Å². The Hall–Kier alpha value is -1.38. The van der Waals surface area contributed by atoms with Crippen molar-refractivity contribution in [2.75, 3.05) is 13.1 Å². The molecule has 2 aliphatic rings. The zero-order valence-electron chi connectivity index (χ0n) is 12.8. The molecule has 2 nitrogen and oxygen atoms in total. The van der Waals surface area contributed by atoms with Gasteiger partial charge in [-0.15, -0.1) is 0 Å². The number of nitrogens with zero attached hydrogens (tertiary/aromatic N) is 1. The predicted molar refractivity (Wildman–Crippen MR) is 86.3 cm³/mol. The molecule has 2 heterocycles. The summed E-state index contributed by atoms with van der Waals surface area (Å²) in [6, 6.07) is 9.20. The largest absolute Gasteiger partial charge is 0.372 e. The number of hydrogen-bond acceptors (Lipinski definition) is 2. The van der Waals surface area contributed by atoms with E-state index < -0.39 is 0 Å². The van der Waals surface area contributed by atoms with Crippen molar-refractivity contribution >= 4 is 10.8 Å². The summed E-state index contributed by atoms with van der Waals surface area (Å²) in [5.74, 6) is 0. The quantitative estimate of drug-likeness (QED) is 0.819. The normalized spacial score (nSPS) is 19.1. The number of rotatable bonds is 2. The fourth-order valence-electron chi connectivity index (χ4n) is 3.79. The molecule has 0 spiro atoms. The van der Waals surface area contributed by atoms with Crippen LogP contribution in [0, 0.1) is 6.92 Å². The minimum Gasteiger partial charge on any atom is -0.372 e. The molecular weight excluding hydrogens is 258 g/mol. The number of benzene rings is 2. The summed E-state index contributed by atoms with van der Waals surface area (Å²) in [6.45, 7) is 7.34. The van der Waals surface area contributed by atoms with Crippen molar-refractivity contribution in [3.05, 3.63) is 46.5 Å². The van der Waals surface area contributed by atoms with Crippen molar-refractivity contribution in [1.29, 1.82) is 0 Å². The van der Waals surface area contributed by atoms with Gasteiger partial charge in [-0.05, 0) is 66.4 Å². The lowest BCUT2D eigenvalue weighted by atomic mass is 9.94.